The molecular formula is C20H17F2NO3. The fraction of sp³-hybridized carbons (Fsp3) is 0.150. The molecule has 134 valence electrons. The van der Waals surface area contributed by atoms with Gasteiger partial charge in [-0.05, 0) is 24.1 Å². The Hall–Kier alpha value is -3.15. The number of hydrogen-bond acceptors (Lipinski definition) is 3. The molecule has 0 unspecified atom stereocenters. The van der Waals surface area contributed by atoms with Gasteiger partial charge in [-0.25, -0.2) is 0 Å². The molecule has 0 saturated carbocycles. The Balaban J connectivity index is 2.11. The summed E-state index contributed by atoms with van der Waals surface area (Å²) in [4.78, 5) is 12.3. The fourth-order valence-electron chi connectivity index (χ4n) is 2.79. The van der Waals surface area contributed by atoms with E-state index in [2.05, 4.69) is 22.6 Å². The van der Waals surface area contributed by atoms with E-state index < -0.39 is 6.29 Å². The van der Waals surface area contributed by atoms with Gasteiger partial charge in [-0.1, -0.05) is 43.5 Å². The van der Waals surface area contributed by atoms with E-state index in [9.17, 15) is 13.6 Å². The highest BCUT2D eigenvalue weighted by Crippen LogP contribution is 2.47. The SMILES string of the molecule is C=C/C=C(\C=C)Cn1cc(-c2cccc3c2OC(F)(F)O3)c(C)cc1=O. The van der Waals surface area contributed by atoms with Gasteiger partial charge in [0.05, 0.1) is 6.54 Å². The summed E-state index contributed by atoms with van der Waals surface area (Å²) in [5, 5.41) is 0. The van der Waals surface area contributed by atoms with Crippen molar-refractivity contribution in [3.8, 4) is 22.6 Å². The highest BCUT2D eigenvalue weighted by atomic mass is 19.3. The molecule has 0 atom stereocenters. The molecule has 0 N–H and O–H groups in total. The first-order valence-electron chi connectivity index (χ1n) is 7.89. The van der Waals surface area contributed by atoms with Crippen molar-refractivity contribution >= 4 is 0 Å². The quantitative estimate of drug-likeness (QED) is 0.743. The summed E-state index contributed by atoms with van der Waals surface area (Å²) in [7, 11) is 0. The standard InChI is InChI=1S/C20H17F2NO3/c1-4-7-14(5-2)11-23-12-16(13(3)10-18(23)24)15-8-6-9-17-19(15)26-20(21,22)25-17/h4-10,12H,1-2,11H2,3H3/b14-7+. The summed E-state index contributed by atoms with van der Waals surface area (Å²) in [6, 6.07) is 6.11. The van der Waals surface area contributed by atoms with Crippen molar-refractivity contribution < 1.29 is 18.3 Å². The molecule has 1 aromatic carbocycles. The van der Waals surface area contributed by atoms with Crippen LogP contribution in [0.5, 0.6) is 11.5 Å². The minimum atomic E-state index is -3.70. The normalized spacial score (nSPS) is 15.0. The highest BCUT2D eigenvalue weighted by Gasteiger charge is 2.44. The summed E-state index contributed by atoms with van der Waals surface area (Å²) in [6.07, 6.45) is 2.90. The first-order valence-corrected chi connectivity index (χ1v) is 7.89. The number of aromatic nitrogens is 1. The van der Waals surface area contributed by atoms with E-state index in [0.29, 0.717) is 16.7 Å². The second-order valence-electron chi connectivity index (χ2n) is 5.82. The van der Waals surface area contributed by atoms with E-state index in [1.165, 1.54) is 16.7 Å². The zero-order valence-electron chi connectivity index (χ0n) is 14.2. The van der Waals surface area contributed by atoms with Crippen LogP contribution in [0.4, 0.5) is 8.78 Å². The third kappa shape index (κ3) is 3.31. The Morgan fingerprint density at radius 3 is 2.73 bits per heavy atom. The Bertz CT molecular complexity index is 974. The molecule has 3 rings (SSSR count). The zero-order valence-corrected chi connectivity index (χ0v) is 14.2. The Kier molecular flexibility index (Phi) is 4.50. The first-order chi connectivity index (χ1) is 12.3. The van der Waals surface area contributed by atoms with Gasteiger partial charge in [-0.15, -0.1) is 8.78 Å². The van der Waals surface area contributed by atoms with Crippen molar-refractivity contribution in [2.45, 2.75) is 19.8 Å². The monoisotopic (exact) mass is 357 g/mol. The van der Waals surface area contributed by atoms with E-state index in [1.807, 2.05) is 0 Å². The predicted molar refractivity (Wildman–Crippen MR) is 95.6 cm³/mol. The van der Waals surface area contributed by atoms with Crippen LogP contribution in [0.2, 0.25) is 0 Å². The minimum Gasteiger partial charge on any atom is -0.395 e. The van der Waals surface area contributed by atoms with Crippen LogP contribution in [0.1, 0.15) is 5.56 Å². The predicted octanol–water partition coefficient (Wildman–Crippen LogP) is 4.44. The lowest BCUT2D eigenvalue weighted by Gasteiger charge is -2.13. The van der Waals surface area contributed by atoms with Gasteiger partial charge in [-0.3, -0.25) is 4.79 Å². The summed E-state index contributed by atoms with van der Waals surface area (Å²) >= 11 is 0. The number of fused-ring (bicyclic) bond motifs is 1. The highest BCUT2D eigenvalue weighted by molar-refractivity contribution is 5.76. The number of ether oxygens (including phenoxy) is 2. The number of allylic oxidation sites excluding steroid dienone is 4. The largest absolute Gasteiger partial charge is 0.586 e. The lowest BCUT2D eigenvalue weighted by molar-refractivity contribution is -0.286. The number of benzene rings is 1. The van der Waals surface area contributed by atoms with E-state index in [1.54, 1.807) is 43.5 Å². The van der Waals surface area contributed by atoms with Crippen LogP contribution in [-0.4, -0.2) is 10.9 Å². The fourth-order valence-corrected chi connectivity index (χ4v) is 2.79. The lowest BCUT2D eigenvalue weighted by atomic mass is 10.0. The van der Waals surface area contributed by atoms with Crippen molar-refractivity contribution in [3.05, 3.63) is 83.3 Å². The molecule has 0 spiro atoms. The summed E-state index contributed by atoms with van der Waals surface area (Å²) in [5.41, 5.74) is 2.26. The molecular weight excluding hydrogens is 340 g/mol. The number of aryl methyl sites for hydroxylation is 1. The van der Waals surface area contributed by atoms with Crippen LogP contribution >= 0.6 is 0 Å². The van der Waals surface area contributed by atoms with Crippen molar-refractivity contribution in [1.82, 2.24) is 4.57 Å². The Labute approximate surface area is 149 Å². The van der Waals surface area contributed by atoms with Crippen LogP contribution in [-0.2, 0) is 6.54 Å². The van der Waals surface area contributed by atoms with Crippen molar-refractivity contribution in [2.24, 2.45) is 0 Å². The molecule has 1 aliphatic heterocycles. The third-order valence-electron chi connectivity index (χ3n) is 4.00. The molecule has 0 amide bonds. The molecule has 0 radical (unpaired) electrons. The molecule has 1 aliphatic rings. The van der Waals surface area contributed by atoms with Crippen molar-refractivity contribution in [2.75, 3.05) is 0 Å². The van der Waals surface area contributed by atoms with Crippen LogP contribution in [0.3, 0.4) is 0 Å². The van der Waals surface area contributed by atoms with Crippen LogP contribution < -0.4 is 15.0 Å². The first kappa shape index (κ1) is 17.7. The van der Waals surface area contributed by atoms with E-state index in [4.69, 9.17) is 0 Å². The second-order valence-corrected chi connectivity index (χ2v) is 5.82. The minimum absolute atomic E-state index is 0.0389. The van der Waals surface area contributed by atoms with Gasteiger partial charge < -0.3 is 14.0 Å². The average molecular weight is 357 g/mol. The number of nitrogens with zero attached hydrogens (tertiary/aromatic N) is 1. The van der Waals surface area contributed by atoms with E-state index in [-0.39, 0.29) is 23.6 Å². The molecule has 2 aromatic rings. The molecule has 0 saturated heterocycles. The van der Waals surface area contributed by atoms with Gasteiger partial charge in [0.2, 0.25) is 0 Å². The van der Waals surface area contributed by atoms with Gasteiger partial charge in [0.15, 0.2) is 11.5 Å². The van der Waals surface area contributed by atoms with Crippen LogP contribution in [0.25, 0.3) is 11.1 Å². The van der Waals surface area contributed by atoms with Crippen molar-refractivity contribution in [3.63, 3.8) is 0 Å². The molecule has 26 heavy (non-hydrogen) atoms. The zero-order chi connectivity index (χ0) is 18.9. The maximum atomic E-state index is 13.5. The lowest BCUT2D eigenvalue weighted by Crippen LogP contribution is -2.26. The maximum Gasteiger partial charge on any atom is 0.586 e. The van der Waals surface area contributed by atoms with Gasteiger partial charge in [-0.2, -0.15) is 0 Å². The Morgan fingerprint density at radius 2 is 2.04 bits per heavy atom. The molecule has 1 aromatic heterocycles. The van der Waals surface area contributed by atoms with E-state index >= 15 is 0 Å². The van der Waals surface area contributed by atoms with Gasteiger partial charge in [0, 0.05) is 23.4 Å². The molecule has 0 aliphatic carbocycles. The van der Waals surface area contributed by atoms with Crippen LogP contribution in [0, 0.1) is 6.92 Å². The number of halogens is 2. The number of rotatable bonds is 5. The molecule has 4 nitrogen and oxygen atoms in total. The summed E-state index contributed by atoms with van der Waals surface area (Å²) in [5.74, 6) is -0.0839. The van der Waals surface area contributed by atoms with Gasteiger partial charge >= 0.3 is 6.29 Å². The number of pyridine rings is 1. The van der Waals surface area contributed by atoms with Gasteiger partial charge in [0.1, 0.15) is 0 Å². The van der Waals surface area contributed by atoms with Crippen molar-refractivity contribution in [1.29, 1.82) is 0 Å². The number of hydrogen-bond donors (Lipinski definition) is 0. The summed E-state index contributed by atoms with van der Waals surface area (Å²) in [6.45, 7) is 9.37. The second kappa shape index (κ2) is 6.63. The molecule has 0 bridgehead atoms. The van der Waals surface area contributed by atoms with Crippen LogP contribution in [0.15, 0.2) is 72.2 Å². The average Bonchev–Trinajstić information content (AvgIpc) is 2.90. The third-order valence-corrected chi connectivity index (χ3v) is 4.00. The smallest absolute Gasteiger partial charge is 0.395 e. The van der Waals surface area contributed by atoms with E-state index in [0.717, 1.165) is 5.57 Å². The number of para-hydroxylation sites is 1. The maximum absolute atomic E-state index is 13.5. The topological polar surface area (TPSA) is 40.5 Å². The molecule has 0 fully saturated rings. The molecule has 2 heterocycles. The summed E-state index contributed by atoms with van der Waals surface area (Å²) < 4.78 is 37.6. The Morgan fingerprint density at radius 1 is 1.27 bits per heavy atom. The molecule has 6 heteroatoms. The van der Waals surface area contributed by atoms with Gasteiger partial charge in [0.25, 0.3) is 5.56 Å². The number of alkyl halides is 2.